The molecule has 0 amide bonds. The number of nitrogens with one attached hydrogen (secondary N) is 1. The van der Waals surface area contributed by atoms with Crippen molar-refractivity contribution < 1.29 is 4.74 Å². The van der Waals surface area contributed by atoms with Crippen molar-refractivity contribution in [2.45, 2.75) is 19.1 Å². The lowest BCUT2D eigenvalue weighted by Gasteiger charge is -2.10. The molecule has 82 valence electrons. The van der Waals surface area contributed by atoms with Crippen LogP contribution >= 0.6 is 0 Å². The minimum atomic E-state index is -0.0837. The number of fused-ring (bicyclic) bond motifs is 1. The fourth-order valence-corrected chi connectivity index (χ4v) is 2.07. The summed E-state index contributed by atoms with van der Waals surface area (Å²) in [5, 5.41) is 0. The molecule has 0 saturated carbocycles. The Morgan fingerprint density at radius 2 is 2.31 bits per heavy atom. The third-order valence-electron chi connectivity index (χ3n) is 2.84. The van der Waals surface area contributed by atoms with Gasteiger partial charge in [0, 0.05) is 18.8 Å². The van der Waals surface area contributed by atoms with Gasteiger partial charge < -0.3 is 9.72 Å². The van der Waals surface area contributed by atoms with Gasteiger partial charge in [-0.2, -0.15) is 0 Å². The molecule has 1 atom stereocenters. The number of hydrogen-bond acceptors (Lipinski definition) is 2. The van der Waals surface area contributed by atoms with E-state index in [9.17, 15) is 4.79 Å². The summed E-state index contributed by atoms with van der Waals surface area (Å²) in [6.07, 6.45) is 4.32. The van der Waals surface area contributed by atoms with Crippen molar-refractivity contribution in [3.05, 3.63) is 52.7 Å². The number of hydrogen-bond donors (Lipinski definition) is 1. The molecule has 1 aromatic carbocycles. The average Bonchev–Trinajstić information content (AvgIpc) is 2.85. The zero-order chi connectivity index (χ0) is 11.0. The normalized spacial score (nSPS) is 18.1. The van der Waals surface area contributed by atoms with E-state index in [0.717, 1.165) is 12.2 Å². The quantitative estimate of drug-likeness (QED) is 0.819. The largest absolute Gasteiger partial charge is 0.488 e. The van der Waals surface area contributed by atoms with Gasteiger partial charge >= 0.3 is 5.69 Å². The average molecular weight is 216 g/mol. The predicted octanol–water partition coefficient (Wildman–Crippen LogP) is 1.18. The van der Waals surface area contributed by atoms with E-state index in [-0.39, 0.29) is 11.8 Å². The molecule has 0 bridgehead atoms. The highest BCUT2D eigenvalue weighted by atomic mass is 16.5. The van der Waals surface area contributed by atoms with Crippen molar-refractivity contribution in [2.75, 3.05) is 0 Å². The lowest BCUT2D eigenvalue weighted by Crippen LogP contribution is -2.27. The van der Waals surface area contributed by atoms with Crippen LogP contribution in [0, 0.1) is 0 Å². The van der Waals surface area contributed by atoms with E-state index in [0.29, 0.717) is 6.54 Å². The third kappa shape index (κ3) is 1.52. The first kappa shape index (κ1) is 9.27. The van der Waals surface area contributed by atoms with Crippen LogP contribution < -0.4 is 10.4 Å². The lowest BCUT2D eigenvalue weighted by molar-refractivity contribution is 0.207. The van der Waals surface area contributed by atoms with Gasteiger partial charge in [0.1, 0.15) is 11.9 Å². The standard InChI is InChI=1S/C12H12N2O2/c15-12-13-5-6-14(12)8-10-7-9-3-1-2-4-11(9)16-10/h1-6,10H,7-8H2,(H,13,15). The van der Waals surface area contributed by atoms with Gasteiger partial charge in [-0.3, -0.25) is 4.57 Å². The van der Waals surface area contributed by atoms with Crippen LogP contribution in [0.25, 0.3) is 0 Å². The van der Waals surface area contributed by atoms with Crippen molar-refractivity contribution in [1.29, 1.82) is 0 Å². The third-order valence-corrected chi connectivity index (χ3v) is 2.84. The summed E-state index contributed by atoms with van der Waals surface area (Å²) < 4.78 is 7.40. The van der Waals surface area contributed by atoms with Crippen LogP contribution in [0.2, 0.25) is 0 Å². The maximum absolute atomic E-state index is 11.3. The van der Waals surface area contributed by atoms with Crippen molar-refractivity contribution in [3.63, 3.8) is 0 Å². The number of H-pyrrole nitrogens is 1. The number of aromatic amines is 1. The van der Waals surface area contributed by atoms with Gasteiger partial charge in [0.25, 0.3) is 0 Å². The minimum absolute atomic E-state index is 0.0610. The van der Waals surface area contributed by atoms with Gasteiger partial charge in [-0.05, 0) is 11.6 Å². The van der Waals surface area contributed by atoms with Crippen molar-refractivity contribution in [2.24, 2.45) is 0 Å². The molecule has 1 aliphatic rings. The maximum atomic E-state index is 11.3. The molecule has 4 nitrogen and oxygen atoms in total. The van der Waals surface area contributed by atoms with Gasteiger partial charge in [0.15, 0.2) is 0 Å². The highest BCUT2D eigenvalue weighted by molar-refractivity contribution is 5.37. The number of rotatable bonds is 2. The Balaban J connectivity index is 1.78. The molecule has 2 heterocycles. The first-order valence-electron chi connectivity index (χ1n) is 5.31. The molecule has 0 saturated heterocycles. The van der Waals surface area contributed by atoms with E-state index in [1.165, 1.54) is 5.56 Å². The van der Waals surface area contributed by atoms with Crippen molar-refractivity contribution in [3.8, 4) is 5.75 Å². The molecule has 0 spiro atoms. The van der Waals surface area contributed by atoms with Gasteiger partial charge in [-0.1, -0.05) is 18.2 Å². The minimum Gasteiger partial charge on any atom is -0.488 e. The number of benzene rings is 1. The maximum Gasteiger partial charge on any atom is 0.325 e. The van der Waals surface area contributed by atoms with Crippen LogP contribution in [0.3, 0.4) is 0 Å². The van der Waals surface area contributed by atoms with E-state index >= 15 is 0 Å². The topological polar surface area (TPSA) is 47.0 Å². The smallest absolute Gasteiger partial charge is 0.325 e. The van der Waals surface area contributed by atoms with Crippen LogP contribution in [0.1, 0.15) is 5.56 Å². The number of aromatic nitrogens is 2. The highest BCUT2D eigenvalue weighted by Crippen LogP contribution is 2.28. The molecular formula is C12H12N2O2. The van der Waals surface area contributed by atoms with Crippen LogP contribution in [-0.2, 0) is 13.0 Å². The molecule has 0 aliphatic carbocycles. The summed E-state index contributed by atoms with van der Waals surface area (Å²) >= 11 is 0. The Morgan fingerprint density at radius 1 is 1.44 bits per heavy atom. The van der Waals surface area contributed by atoms with Gasteiger partial charge in [-0.25, -0.2) is 4.79 Å². The summed E-state index contributed by atoms with van der Waals surface area (Å²) in [5.74, 6) is 0.941. The summed E-state index contributed by atoms with van der Waals surface area (Å²) in [6, 6.07) is 8.00. The molecule has 2 aromatic rings. The van der Waals surface area contributed by atoms with Gasteiger partial charge in [0.2, 0.25) is 0 Å². The summed E-state index contributed by atoms with van der Waals surface area (Å²) in [5.41, 5.74) is 1.13. The van der Waals surface area contributed by atoms with E-state index in [2.05, 4.69) is 11.1 Å². The zero-order valence-electron chi connectivity index (χ0n) is 8.72. The Bertz CT molecular complexity index is 531. The fourth-order valence-electron chi connectivity index (χ4n) is 2.07. The van der Waals surface area contributed by atoms with Crippen LogP contribution in [0.4, 0.5) is 0 Å². The van der Waals surface area contributed by atoms with E-state index < -0.39 is 0 Å². The summed E-state index contributed by atoms with van der Waals surface area (Å²) in [4.78, 5) is 13.9. The number of para-hydroxylation sites is 1. The highest BCUT2D eigenvalue weighted by Gasteiger charge is 2.22. The molecular weight excluding hydrogens is 204 g/mol. The Labute approximate surface area is 92.5 Å². The number of imidazole rings is 1. The Morgan fingerprint density at radius 3 is 3.06 bits per heavy atom. The van der Waals surface area contributed by atoms with Gasteiger partial charge in [-0.15, -0.1) is 0 Å². The molecule has 1 N–H and O–H groups in total. The number of ether oxygens (including phenoxy) is 1. The first-order chi connectivity index (χ1) is 7.83. The second kappa shape index (κ2) is 3.56. The summed E-state index contributed by atoms with van der Waals surface area (Å²) in [7, 11) is 0. The van der Waals surface area contributed by atoms with Crippen LogP contribution in [0.15, 0.2) is 41.5 Å². The van der Waals surface area contributed by atoms with Crippen molar-refractivity contribution >= 4 is 0 Å². The Kier molecular flexibility index (Phi) is 2.06. The molecule has 1 unspecified atom stereocenters. The van der Waals surface area contributed by atoms with E-state index in [4.69, 9.17) is 4.74 Å². The SMILES string of the molecule is O=c1[nH]ccn1CC1Cc2ccccc2O1. The molecule has 16 heavy (non-hydrogen) atoms. The predicted molar refractivity (Wildman–Crippen MR) is 59.6 cm³/mol. The summed E-state index contributed by atoms with van der Waals surface area (Å²) in [6.45, 7) is 0.594. The molecule has 0 fully saturated rings. The molecule has 3 rings (SSSR count). The Hall–Kier alpha value is -1.97. The van der Waals surface area contributed by atoms with Gasteiger partial charge in [0.05, 0.1) is 6.54 Å². The van der Waals surface area contributed by atoms with E-state index in [1.54, 1.807) is 17.0 Å². The second-order valence-corrected chi connectivity index (χ2v) is 3.97. The molecule has 1 aromatic heterocycles. The fraction of sp³-hybridized carbons (Fsp3) is 0.250. The number of nitrogens with zero attached hydrogens (tertiary/aromatic N) is 1. The lowest BCUT2D eigenvalue weighted by atomic mass is 10.1. The monoisotopic (exact) mass is 216 g/mol. The van der Waals surface area contributed by atoms with Crippen molar-refractivity contribution in [1.82, 2.24) is 9.55 Å². The molecule has 0 radical (unpaired) electrons. The van der Waals surface area contributed by atoms with E-state index in [1.807, 2.05) is 18.2 Å². The zero-order valence-corrected chi connectivity index (χ0v) is 8.72. The van der Waals surface area contributed by atoms with Crippen LogP contribution in [-0.4, -0.2) is 15.7 Å². The molecule has 4 heteroatoms. The molecule has 1 aliphatic heterocycles. The first-order valence-corrected chi connectivity index (χ1v) is 5.31. The second-order valence-electron chi connectivity index (χ2n) is 3.97. The van der Waals surface area contributed by atoms with Crippen LogP contribution in [0.5, 0.6) is 5.75 Å².